The van der Waals surface area contributed by atoms with Crippen LogP contribution in [0.25, 0.3) is 0 Å². The Morgan fingerprint density at radius 1 is 1.23 bits per heavy atom. The number of carbonyl (C=O) groups excluding carboxylic acids is 1. The zero-order chi connectivity index (χ0) is 16.6. The smallest absolute Gasteiger partial charge is 0.305 e. The molecule has 122 valence electrons. The van der Waals surface area contributed by atoms with Crippen molar-refractivity contribution in [3.05, 3.63) is 24.3 Å². The van der Waals surface area contributed by atoms with Gasteiger partial charge in [-0.2, -0.15) is 0 Å². The number of amides is 1. The number of ether oxygens (including phenoxy) is 2. The first-order chi connectivity index (χ1) is 10.4. The lowest BCUT2D eigenvalue weighted by atomic mass is 9.89. The molecular formula is C16H23NO5. The molecule has 22 heavy (non-hydrogen) atoms. The molecule has 2 N–H and O–H groups in total. The molecule has 0 spiro atoms. The Kier molecular flexibility index (Phi) is 6.69. The fourth-order valence-electron chi connectivity index (χ4n) is 2.18. The standard InChI is InChI=1S/C16H23NO5/c1-4-16(5-2,10-15(19)20)17-14(18)11-22-13-8-6-7-12(9-13)21-3/h6-9H,4-5,10-11H2,1-3H3,(H,17,18)(H,19,20). The van der Waals surface area contributed by atoms with Gasteiger partial charge in [-0.05, 0) is 25.0 Å². The number of carboxylic acids is 1. The maximum Gasteiger partial charge on any atom is 0.305 e. The topological polar surface area (TPSA) is 84.9 Å². The van der Waals surface area contributed by atoms with E-state index in [1.807, 2.05) is 13.8 Å². The average molecular weight is 309 g/mol. The van der Waals surface area contributed by atoms with Gasteiger partial charge in [-0.1, -0.05) is 19.9 Å². The molecule has 6 nitrogen and oxygen atoms in total. The summed E-state index contributed by atoms with van der Waals surface area (Å²) >= 11 is 0. The van der Waals surface area contributed by atoms with Crippen LogP contribution in [0.4, 0.5) is 0 Å². The van der Waals surface area contributed by atoms with Crippen LogP contribution in [0.3, 0.4) is 0 Å². The number of hydrogen-bond acceptors (Lipinski definition) is 4. The first-order valence-electron chi connectivity index (χ1n) is 7.24. The van der Waals surface area contributed by atoms with Gasteiger partial charge in [0.2, 0.25) is 0 Å². The highest BCUT2D eigenvalue weighted by Crippen LogP contribution is 2.21. The lowest BCUT2D eigenvalue weighted by molar-refractivity contribution is -0.139. The predicted octanol–water partition coefficient (Wildman–Crippen LogP) is 2.22. The number of benzene rings is 1. The van der Waals surface area contributed by atoms with Gasteiger partial charge < -0.3 is 19.9 Å². The van der Waals surface area contributed by atoms with E-state index >= 15 is 0 Å². The van der Waals surface area contributed by atoms with E-state index in [1.54, 1.807) is 31.4 Å². The molecule has 0 aliphatic heterocycles. The SMILES string of the molecule is CCC(CC)(CC(=O)O)NC(=O)COc1cccc(OC)c1. The Hall–Kier alpha value is -2.24. The van der Waals surface area contributed by atoms with E-state index in [9.17, 15) is 9.59 Å². The van der Waals surface area contributed by atoms with Gasteiger partial charge in [-0.25, -0.2) is 0 Å². The Labute approximate surface area is 130 Å². The van der Waals surface area contributed by atoms with E-state index in [2.05, 4.69) is 5.32 Å². The van der Waals surface area contributed by atoms with Crippen molar-refractivity contribution in [1.29, 1.82) is 0 Å². The second-order valence-corrected chi connectivity index (χ2v) is 5.07. The van der Waals surface area contributed by atoms with Crippen molar-refractivity contribution in [3.63, 3.8) is 0 Å². The zero-order valence-corrected chi connectivity index (χ0v) is 13.2. The van der Waals surface area contributed by atoms with Crippen molar-refractivity contribution in [2.45, 2.75) is 38.6 Å². The highest BCUT2D eigenvalue weighted by Gasteiger charge is 2.30. The molecule has 0 aromatic heterocycles. The number of hydrogen-bond donors (Lipinski definition) is 2. The largest absolute Gasteiger partial charge is 0.497 e. The Bertz CT molecular complexity index is 511. The third kappa shape index (κ3) is 5.27. The first kappa shape index (κ1) is 17.8. The minimum atomic E-state index is -0.933. The molecule has 0 aliphatic rings. The molecule has 0 saturated heterocycles. The Morgan fingerprint density at radius 2 is 1.86 bits per heavy atom. The summed E-state index contributed by atoms with van der Waals surface area (Å²) in [6.45, 7) is 3.54. The molecule has 0 aliphatic carbocycles. The van der Waals surface area contributed by atoms with Gasteiger partial charge >= 0.3 is 5.97 Å². The number of nitrogens with one attached hydrogen (secondary N) is 1. The molecule has 1 rings (SSSR count). The second kappa shape index (κ2) is 8.26. The third-order valence-electron chi connectivity index (χ3n) is 3.66. The molecule has 0 heterocycles. The molecule has 0 fully saturated rings. The minimum absolute atomic E-state index is 0.106. The van der Waals surface area contributed by atoms with E-state index in [4.69, 9.17) is 14.6 Å². The molecule has 0 radical (unpaired) electrons. The van der Waals surface area contributed by atoms with Gasteiger partial charge in [0.1, 0.15) is 11.5 Å². The molecule has 1 amide bonds. The molecule has 0 saturated carbocycles. The molecule has 1 aromatic rings. The van der Waals surface area contributed by atoms with Gasteiger partial charge in [0.25, 0.3) is 5.91 Å². The number of rotatable bonds is 9. The average Bonchev–Trinajstić information content (AvgIpc) is 2.52. The lowest BCUT2D eigenvalue weighted by Crippen LogP contribution is -2.50. The molecular weight excluding hydrogens is 286 g/mol. The van der Waals surface area contributed by atoms with E-state index in [0.717, 1.165) is 0 Å². The van der Waals surface area contributed by atoms with Crippen LogP contribution in [0.1, 0.15) is 33.1 Å². The molecule has 0 bridgehead atoms. The van der Waals surface area contributed by atoms with Crippen LogP contribution in [-0.4, -0.2) is 36.2 Å². The van der Waals surface area contributed by atoms with Crippen LogP contribution in [0, 0.1) is 0 Å². The van der Waals surface area contributed by atoms with Crippen molar-refractivity contribution in [3.8, 4) is 11.5 Å². The fraction of sp³-hybridized carbons (Fsp3) is 0.500. The van der Waals surface area contributed by atoms with Gasteiger partial charge in [-0.15, -0.1) is 0 Å². The summed E-state index contributed by atoms with van der Waals surface area (Å²) in [5, 5.41) is 11.8. The van der Waals surface area contributed by atoms with Crippen molar-refractivity contribution < 1.29 is 24.2 Å². The van der Waals surface area contributed by atoms with Crippen molar-refractivity contribution in [2.75, 3.05) is 13.7 Å². The van der Waals surface area contributed by atoms with Gasteiger partial charge in [0, 0.05) is 6.07 Å². The summed E-state index contributed by atoms with van der Waals surface area (Å²) < 4.78 is 10.5. The van der Waals surface area contributed by atoms with E-state index < -0.39 is 11.5 Å². The summed E-state index contributed by atoms with van der Waals surface area (Å²) in [6, 6.07) is 6.94. The fourth-order valence-corrected chi connectivity index (χ4v) is 2.18. The van der Waals surface area contributed by atoms with E-state index in [1.165, 1.54) is 0 Å². The van der Waals surface area contributed by atoms with Crippen molar-refractivity contribution in [2.24, 2.45) is 0 Å². The van der Waals surface area contributed by atoms with Gasteiger partial charge in [0.15, 0.2) is 6.61 Å². The molecule has 1 aromatic carbocycles. The number of carboxylic acid groups (broad SMARTS) is 1. The van der Waals surface area contributed by atoms with Crippen LogP contribution in [-0.2, 0) is 9.59 Å². The maximum absolute atomic E-state index is 12.0. The lowest BCUT2D eigenvalue weighted by Gasteiger charge is -2.31. The zero-order valence-electron chi connectivity index (χ0n) is 13.2. The molecule has 0 atom stereocenters. The summed E-state index contributed by atoms with van der Waals surface area (Å²) in [7, 11) is 1.55. The van der Waals surface area contributed by atoms with E-state index in [-0.39, 0.29) is 18.9 Å². The van der Waals surface area contributed by atoms with Crippen LogP contribution >= 0.6 is 0 Å². The Balaban J connectivity index is 2.61. The quantitative estimate of drug-likeness (QED) is 0.730. The molecule has 0 unspecified atom stereocenters. The number of carbonyl (C=O) groups is 2. The minimum Gasteiger partial charge on any atom is -0.497 e. The Morgan fingerprint density at radius 3 is 2.41 bits per heavy atom. The highest BCUT2D eigenvalue weighted by atomic mass is 16.5. The first-order valence-corrected chi connectivity index (χ1v) is 7.24. The second-order valence-electron chi connectivity index (χ2n) is 5.07. The van der Waals surface area contributed by atoms with Crippen LogP contribution in [0.2, 0.25) is 0 Å². The predicted molar refractivity (Wildman–Crippen MR) is 82.2 cm³/mol. The van der Waals surface area contributed by atoms with Gasteiger partial charge in [0.05, 0.1) is 19.1 Å². The summed E-state index contributed by atoms with van der Waals surface area (Å²) in [4.78, 5) is 23.0. The summed E-state index contributed by atoms with van der Waals surface area (Å²) in [6.07, 6.45) is 0.978. The highest BCUT2D eigenvalue weighted by molar-refractivity contribution is 5.79. The normalized spacial score (nSPS) is 10.9. The monoisotopic (exact) mass is 309 g/mol. The third-order valence-corrected chi connectivity index (χ3v) is 3.66. The van der Waals surface area contributed by atoms with Gasteiger partial charge in [-0.3, -0.25) is 9.59 Å². The van der Waals surface area contributed by atoms with Crippen LogP contribution in [0.15, 0.2) is 24.3 Å². The van der Waals surface area contributed by atoms with Crippen LogP contribution < -0.4 is 14.8 Å². The van der Waals surface area contributed by atoms with Crippen molar-refractivity contribution >= 4 is 11.9 Å². The summed E-state index contributed by atoms with van der Waals surface area (Å²) in [5.74, 6) is -0.114. The number of methoxy groups -OCH3 is 1. The molecule has 6 heteroatoms. The van der Waals surface area contributed by atoms with E-state index in [0.29, 0.717) is 24.3 Å². The maximum atomic E-state index is 12.0. The summed E-state index contributed by atoms with van der Waals surface area (Å²) in [5.41, 5.74) is -0.735. The number of aliphatic carboxylic acids is 1. The van der Waals surface area contributed by atoms with Crippen LogP contribution in [0.5, 0.6) is 11.5 Å². The van der Waals surface area contributed by atoms with Crippen molar-refractivity contribution in [1.82, 2.24) is 5.32 Å².